The van der Waals surface area contributed by atoms with Crippen molar-refractivity contribution < 1.29 is 9.90 Å². The monoisotopic (exact) mass is 230 g/mol. The number of carbonyl (C=O) groups excluding carboxylic acids is 1. The Labute approximate surface area is 99.0 Å². The lowest BCUT2D eigenvalue weighted by molar-refractivity contribution is -0.123. The van der Waals surface area contributed by atoms with E-state index in [2.05, 4.69) is 5.32 Å². The zero-order valence-electron chi connectivity index (χ0n) is 11.0. The fourth-order valence-electron chi connectivity index (χ4n) is 1.45. The van der Waals surface area contributed by atoms with Gasteiger partial charge < -0.3 is 10.4 Å². The zero-order chi connectivity index (χ0) is 12.6. The van der Waals surface area contributed by atoms with Gasteiger partial charge >= 0.3 is 0 Å². The molecule has 0 heterocycles. The van der Waals surface area contributed by atoms with Crippen molar-refractivity contribution in [3.8, 4) is 0 Å². The van der Waals surface area contributed by atoms with Gasteiger partial charge in [-0.2, -0.15) is 0 Å². The van der Waals surface area contributed by atoms with E-state index in [4.69, 9.17) is 5.11 Å². The van der Waals surface area contributed by atoms with Gasteiger partial charge in [0.1, 0.15) is 0 Å². The third kappa shape index (κ3) is 9.93. The molecule has 0 aliphatic heterocycles. The number of carbonyl (C=O) groups is 1. The van der Waals surface area contributed by atoms with Gasteiger partial charge in [0.2, 0.25) is 5.91 Å². The molecule has 0 unspecified atom stereocenters. The molecule has 0 aliphatic rings. The van der Waals surface area contributed by atoms with Crippen molar-refractivity contribution >= 4 is 5.91 Å². The van der Waals surface area contributed by atoms with Crippen LogP contribution in [0.4, 0.5) is 0 Å². The van der Waals surface area contributed by atoms with E-state index in [0.29, 0.717) is 6.54 Å². The Kier molecular flexibility index (Phi) is 7.34. The molecule has 0 atom stereocenters. The Morgan fingerprint density at radius 1 is 1.25 bits per heavy atom. The smallest absolute Gasteiger partial charge is 0.234 e. The minimum absolute atomic E-state index is 0.0668. The summed E-state index contributed by atoms with van der Waals surface area (Å²) in [5.41, 5.74) is -0.158. The summed E-state index contributed by atoms with van der Waals surface area (Å²) in [5.74, 6) is 0.0668. The molecule has 0 bridgehead atoms. The highest BCUT2D eigenvalue weighted by molar-refractivity contribution is 5.78. The number of amides is 1. The maximum absolute atomic E-state index is 11.6. The van der Waals surface area contributed by atoms with Crippen LogP contribution in [-0.2, 0) is 4.79 Å². The molecular formula is C12H26N2O2. The molecular weight excluding hydrogens is 204 g/mol. The molecule has 0 saturated heterocycles. The van der Waals surface area contributed by atoms with Gasteiger partial charge in [-0.05, 0) is 53.6 Å². The van der Waals surface area contributed by atoms with Crippen molar-refractivity contribution in [2.24, 2.45) is 0 Å². The van der Waals surface area contributed by atoms with Crippen LogP contribution >= 0.6 is 0 Å². The molecule has 2 N–H and O–H groups in total. The summed E-state index contributed by atoms with van der Waals surface area (Å²) < 4.78 is 0. The number of nitrogens with one attached hydrogen (secondary N) is 1. The average Bonchev–Trinajstić information content (AvgIpc) is 2.09. The highest BCUT2D eigenvalue weighted by Crippen LogP contribution is 1.99. The Hall–Kier alpha value is -0.610. The van der Waals surface area contributed by atoms with E-state index in [1.54, 1.807) is 0 Å². The molecule has 0 radical (unpaired) electrons. The number of hydrogen-bond acceptors (Lipinski definition) is 3. The lowest BCUT2D eigenvalue weighted by atomic mass is 10.1. The van der Waals surface area contributed by atoms with Gasteiger partial charge in [-0.25, -0.2) is 0 Å². The first-order chi connectivity index (χ1) is 7.35. The number of hydrogen-bond donors (Lipinski definition) is 2. The highest BCUT2D eigenvalue weighted by atomic mass is 16.2. The normalized spacial score (nSPS) is 11.9. The fraction of sp³-hybridized carbons (Fsp3) is 0.917. The van der Waals surface area contributed by atoms with Crippen LogP contribution in [0.2, 0.25) is 0 Å². The van der Waals surface area contributed by atoms with Gasteiger partial charge in [0.25, 0.3) is 0 Å². The predicted octanol–water partition coefficient (Wildman–Crippen LogP) is 0.995. The van der Waals surface area contributed by atoms with Crippen LogP contribution in [0, 0.1) is 0 Å². The molecule has 4 heteroatoms. The maximum Gasteiger partial charge on any atom is 0.234 e. The number of aliphatic hydroxyl groups excluding tert-OH is 1. The molecule has 1 amide bonds. The summed E-state index contributed by atoms with van der Waals surface area (Å²) in [6, 6.07) is 0. The minimum Gasteiger partial charge on any atom is -0.396 e. The molecule has 0 aliphatic carbocycles. The Morgan fingerprint density at radius 2 is 1.88 bits per heavy atom. The standard InChI is InChI=1S/C12H26N2O2/c1-12(2,3)13-11(16)10-14(4)8-6-5-7-9-15/h15H,5-10H2,1-4H3,(H,13,16). The number of likely N-dealkylation sites (N-methyl/N-ethyl adjacent to an activating group) is 1. The van der Waals surface area contributed by atoms with Crippen LogP contribution in [0.25, 0.3) is 0 Å². The summed E-state index contributed by atoms with van der Waals surface area (Å²) >= 11 is 0. The lowest BCUT2D eigenvalue weighted by Gasteiger charge is -2.23. The quantitative estimate of drug-likeness (QED) is 0.641. The molecule has 0 aromatic rings. The predicted molar refractivity (Wildman–Crippen MR) is 66.3 cm³/mol. The number of unbranched alkanes of at least 4 members (excludes halogenated alkanes) is 2. The van der Waals surface area contributed by atoms with E-state index in [-0.39, 0.29) is 18.1 Å². The van der Waals surface area contributed by atoms with Gasteiger partial charge in [0.15, 0.2) is 0 Å². The number of aliphatic hydroxyl groups is 1. The van der Waals surface area contributed by atoms with Crippen LogP contribution in [-0.4, -0.2) is 48.2 Å². The molecule has 0 fully saturated rings. The topological polar surface area (TPSA) is 52.6 Å². The molecule has 0 rings (SSSR count). The number of rotatable bonds is 7. The Morgan fingerprint density at radius 3 is 2.38 bits per heavy atom. The van der Waals surface area contributed by atoms with Gasteiger partial charge in [-0.1, -0.05) is 0 Å². The van der Waals surface area contributed by atoms with Crippen LogP contribution in [0.3, 0.4) is 0 Å². The van der Waals surface area contributed by atoms with Crippen molar-refractivity contribution in [1.29, 1.82) is 0 Å². The Bertz CT molecular complexity index is 200. The SMILES string of the molecule is CN(CCCCCO)CC(=O)NC(C)(C)C. The van der Waals surface area contributed by atoms with Gasteiger partial charge in [0, 0.05) is 12.1 Å². The zero-order valence-corrected chi connectivity index (χ0v) is 11.0. The lowest BCUT2D eigenvalue weighted by Crippen LogP contribution is -2.45. The molecule has 0 aromatic heterocycles. The average molecular weight is 230 g/mol. The van der Waals surface area contributed by atoms with Crippen LogP contribution in [0.15, 0.2) is 0 Å². The molecule has 96 valence electrons. The molecule has 0 aromatic carbocycles. The van der Waals surface area contributed by atoms with Crippen molar-refractivity contribution in [3.05, 3.63) is 0 Å². The second kappa shape index (κ2) is 7.63. The summed E-state index contributed by atoms with van der Waals surface area (Å²) in [5, 5.41) is 11.6. The van der Waals surface area contributed by atoms with E-state index in [0.717, 1.165) is 25.8 Å². The largest absolute Gasteiger partial charge is 0.396 e. The van der Waals surface area contributed by atoms with E-state index in [1.807, 2.05) is 32.7 Å². The molecule has 0 saturated carbocycles. The van der Waals surface area contributed by atoms with Crippen LogP contribution in [0.5, 0.6) is 0 Å². The van der Waals surface area contributed by atoms with E-state index < -0.39 is 0 Å². The third-order valence-electron chi connectivity index (χ3n) is 2.13. The summed E-state index contributed by atoms with van der Waals surface area (Å²) in [6.07, 6.45) is 2.89. The number of nitrogens with zero attached hydrogens (tertiary/aromatic N) is 1. The first-order valence-electron chi connectivity index (χ1n) is 5.95. The first-order valence-corrected chi connectivity index (χ1v) is 5.95. The summed E-state index contributed by atoms with van der Waals surface area (Å²) in [6.45, 7) is 7.53. The van der Waals surface area contributed by atoms with E-state index >= 15 is 0 Å². The summed E-state index contributed by atoms with van der Waals surface area (Å²) in [4.78, 5) is 13.6. The van der Waals surface area contributed by atoms with Crippen LogP contribution in [0.1, 0.15) is 40.0 Å². The van der Waals surface area contributed by atoms with Crippen molar-refractivity contribution in [1.82, 2.24) is 10.2 Å². The van der Waals surface area contributed by atoms with E-state index in [9.17, 15) is 4.79 Å². The molecule has 0 spiro atoms. The first kappa shape index (κ1) is 15.4. The maximum atomic E-state index is 11.6. The van der Waals surface area contributed by atoms with E-state index in [1.165, 1.54) is 0 Å². The second-order valence-corrected chi connectivity index (χ2v) is 5.32. The van der Waals surface area contributed by atoms with Crippen molar-refractivity contribution in [2.75, 3.05) is 26.7 Å². The highest BCUT2D eigenvalue weighted by Gasteiger charge is 2.14. The van der Waals surface area contributed by atoms with Gasteiger partial charge in [0.05, 0.1) is 6.54 Å². The Balaban J connectivity index is 3.62. The summed E-state index contributed by atoms with van der Waals surface area (Å²) in [7, 11) is 1.95. The van der Waals surface area contributed by atoms with Crippen molar-refractivity contribution in [3.63, 3.8) is 0 Å². The third-order valence-corrected chi connectivity index (χ3v) is 2.13. The van der Waals surface area contributed by atoms with Gasteiger partial charge in [-0.3, -0.25) is 9.69 Å². The minimum atomic E-state index is -0.158. The van der Waals surface area contributed by atoms with Crippen LogP contribution < -0.4 is 5.32 Å². The fourth-order valence-corrected chi connectivity index (χ4v) is 1.45. The molecule has 16 heavy (non-hydrogen) atoms. The van der Waals surface area contributed by atoms with Crippen molar-refractivity contribution in [2.45, 2.75) is 45.6 Å². The van der Waals surface area contributed by atoms with Gasteiger partial charge in [-0.15, -0.1) is 0 Å². The second-order valence-electron chi connectivity index (χ2n) is 5.32. The molecule has 4 nitrogen and oxygen atoms in total.